The summed E-state index contributed by atoms with van der Waals surface area (Å²) in [7, 11) is 0. The molecule has 1 heterocycles. The van der Waals surface area contributed by atoms with Crippen LogP contribution in [0.4, 0.5) is 0 Å². The molecule has 1 aliphatic heterocycles. The second-order valence-corrected chi connectivity index (χ2v) is 10.0. The van der Waals surface area contributed by atoms with Crippen molar-refractivity contribution in [1.82, 2.24) is 10.2 Å². The third-order valence-electron chi connectivity index (χ3n) is 6.77. The van der Waals surface area contributed by atoms with Gasteiger partial charge in [0.05, 0.1) is 5.92 Å². The molecular weight excluding hydrogens is 356 g/mol. The van der Waals surface area contributed by atoms with Crippen molar-refractivity contribution >= 4 is 5.91 Å². The Bertz CT molecular complexity index is 812. The number of benzene rings is 2. The highest BCUT2D eigenvalue weighted by molar-refractivity contribution is 5.84. The summed E-state index contributed by atoms with van der Waals surface area (Å²) in [6, 6.07) is 21.3. The van der Waals surface area contributed by atoms with Gasteiger partial charge in [0.15, 0.2) is 0 Å². The van der Waals surface area contributed by atoms with E-state index in [0.717, 1.165) is 31.6 Å². The molecule has 3 nitrogen and oxygen atoms in total. The third kappa shape index (κ3) is 4.56. The molecule has 1 aliphatic carbocycles. The summed E-state index contributed by atoms with van der Waals surface area (Å²) in [6.07, 6.45) is 2.35. The maximum absolute atomic E-state index is 13.4. The van der Waals surface area contributed by atoms with Crippen LogP contribution in [0.5, 0.6) is 0 Å². The summed E-state index contributed by atoms with van der Waals surface area (Å²) in [5, 5.41) is 3.47. The van der Waals surface area contributed by atoms with E-state index < -0.39 is 0 Å². The molecule has 0 radical (unpaired) electrons. The normalized spacial score (nSPS) is 25.6. The number of likely N-dealkylation sites (tertiary alicyclic amines) is 1. The Morgan fingerprint density at radius 1 is 1.00 bits per heavy atom. The number of nitrogens with zero attached hydrogens (tertiary/aromatic N) is 1. The van der Waals surface area contributed by atoms with Crippen molar-refractivity contribution in [2.45, 2.75) is 52.1 Å². The van der Waals surface area contributed by atoms with Crippen molar-refractivity contribution < 1.29 is 4.79 Å². The van der Waals surface area contributed by atoms with Crippen LogP contribution in [-0.2, 0) is 11.3 Å². The number of hydrogen-bond acceptors (Lipinski definition) is 2. The Balaban J connectivity index is 1.42. The average molecular weight is 391 g/mol. The van der Waals surface area contributed by atoms with Gasteiger partial charge in [-0.2, -0.15) is 0 Å². The molecule has 3 heteroatoms. The third-order valence-corrected chi connectivity index (χ3v) is 6.77. The summed E-state index contributed by atoms with van der Waals surface area (Å²) in [5.74, 6) is 1.37. The molecule has 2 aliphatic rings. The van der Waals surface area contributed by atoms with E-state index in [0.29, 0.717) is 17.9 Å². The molecule has 0 spiro atoms. The molecule has 4 rings (SSSR count). The van der Waals surface area contributed by atoms with Gasteiger partial charge >= 0.3 is 0 Å². The Hall–Kier alpha value is -2.13. The second kappa shape index (κ2) is 8.31. The minimum Gasteiger partial charge on any atom is -0.352 e. The first-order chi connectivity index (χ1) is 13.9. The van der Waals surface area contributed by atoms with Crippen LogP contribution in [0.2, 0.25) is 0 Å². The quantitative estimate of drug-likeness (QED) is 0.792. The lowest BCUT2D eigenvalue weighted by molar-refractivity contribution is -0.125. The molecule has 2 fully saturated rings. The molecule has 0 bridgehead atoms. The lowest BCUT2D eigenvalue weighted by Gasteiger charge is -2.32. The fourth-order valence-corrected chi connectivity index (χ4v) is 5.46. The van der Waals surface area contributed by atoms with Crippen molar-refractivity contribution in [2.24, 2.45) is 17.3 Å². The van der Waals surface area contributed by atoms with Crippen molar-refractivity contribution in [1.29, 1.82) is 0 Å². The van der Waals surface area contributed by atoms with Crippen LogP contribution in [0, 0.1) is 17.3 Å². The van der Waals surface area contributed by atoms with Gasteiger partial charge in [-0.25, -0.2) is 0 Å². The smallest absolute Gasteiger partial charge is 0.228 e. The van der Waals surface area contributed by atoms with Crippen LogP contribution in [0.3, 0.4) is 0 Å². The minimum absolute atomic E-state index is 0.113. The molecule has 1 N–H and O–H groups in total. The number of amides is 1. The molecule has 1 amide bonds. The standard InChI is InChI=1S/C26H34N2O/c1-26(2,3)24(20-12-8-5-9-13-20)25(29)27-23-15-14-21-17-28(18-22(21)23)16-19-10-6-4-7-11-19/h4-13,21-24H,14-18H2,1-3H3,(H,27,29)/t21-,22?,23?,24?/m0/s1. The maximum atomic E-state index is 13.4. The molecule has 29 heavy (non-hydrogen) atoms. The highest BCUT2D eigenvalue weighted by Crippen LogP contribution is 2.40. The van der Waals surface area contributed by atoms with E-state index in [1.165, 1.54) is 12.0 Å². The summed E-state index contributed by atoms with van der Waals surface area (Å²) in [6.45, 7) is 9.77. The monoisotopic (exact) mass is 390 g/mol. The van der Waals surface area contributed by atoms with Crippen LogP contribution >= 0.6 is 0 Å². The Kier molecular flexibility index (Phi) is 5.78. The van der Waals surface area contributed by atoms with Crippen LogP contribution in [-0.4, -0.2) is 29.9 Å². The van der Waals surface area contributed by atoms with Crippen LogP contribution in [0.15, 0.2) is 60.7 Å². The average Bonchev–Trinajstić information content (AvgIpc) is 3.24. The topological polar surface area (TPSA) is 32.3 Å². The van der Waals surface area contributed by atoms with E-state index in [-0.39, 0.29) is 17.2 Å². The number of fused-ring (bicyclic) bond motifs is 1. The fourth-order valence-electron chi connectivity index (χ4n) is 5.46. The van der Waals surface area contributed by atoms with E-state index >= 15 is 0 Å². The van der Waals surface area contributed by atoms with Gasteiger partial charge in [0.1, 0.15) is 0 Å². The summed E-state index contributed by atoms with van der Waals surface area (Å²) in [4.78, 5) is 16.0. The van der Waals surface area contributed by atoms with Crippen molar-refractivity contribution in [3.63, 3.8) is 0 Å². The number of carbonyl (C=O) groups is 1. The van der Waals surface area contributed by atoms with Gasteiger partial charge in [-0.3, -0.25) is 9.69 Å². The maximum Gasteiger partial charge on any atom is 0.228 e. The van der Waals surface area contributed by atoms with E-state index in [1.807, 2.05) is 18.2 Å². The van der Waals surface area contributed by atoms with Gasteiger partial charge < -0.3 is 5.32 Å². The Morgan fingerprint density at radius 3 is 2.31 bits per heavy atom. The number of rotatable bonds is 5. The fraction of sp³-hybridized carbons (Fsp3) is 0.500. The van der Waals surface area contributed by atoms with Crippen molar-refractivity contribution in [3.05, 3.63) is 71.8 Å². The zero-order valence-corrected chi connectivity index (χ0v) is 18.0. The highest BCUT2D eigenvalue weighted by Gasteiger charge is 2.44. The molecule has 1 saturated heterocycles. The van der Waals surface area contributed by atoms with Gasteiger partial charge in [-0.15, -0.1) is 0 Å². The number of nitrogens with one attached hydrogen (secondary N) is 1. The molecule has 2 aromatic carbocycles. The molecule has 0 aromatic heterocycles. The van der Waals surface area contributed by atoms with E-state index in [9.17, 15) is 4.79 Å². The van der Waals surface area contributed by atoms with E-state index in [4.69, 9.17) is 0 Å². The first-order valence-corrected chi connectivity index (χ1v) is 11.0. The largest absolute Gasteiger partial charge is 0.352 e. The number of carbonyl (C=O) groups excluding carboxylic acids is 1. The zero-order chi connectivity index (χ0) is 20.4. The predicted molar refractivity (Wildman–Crippen MR) is 119 cm³/mol. The Labute approximate surface area is 175 Å². The predicted octanol–water partition coefficient (Wildman–Crippen LogP) is 4.84. The lowest BCUT2D eigenvalue weighted by atomic mass is 9.75. The highest BCUT2D eigenvalue weighted by atomic mass is 16.2. The van der Waals surface area contributed by atoms with Gasteiger partial charge in [0, 0.05) is 25.7 Å². The molecule has 3 unspecified atom stereocenters. The van der Waals surface area contributed by atoms with Crippen LogP contribution in [0.25, 0.3) is 0 Å². The Morgan fingerprint density at radius 2 is 1.66 bits per heavy atom. The van der Waals surface area contributed by atoms with Gasteiger partial charge in [-0.1, -0.05) is 81.4 Å². The minimum atomic E-state index is -0.121. The van der Waals surface area contributed by atoms with Gasteiger partial charge in [0.25, 0.3) is 0 Å². The summed E-state index contributed by atoms with van der Waals surface area (Å²) in [5.41, 5.74) is 2.38. The van der Waals surface area contributed by atoms with Crippen LogP contribution in [0.1, 0.15) is 50.7 Å². The van der Waals surface area contributed by atoms with Crippen molar-refractivity contribution in [3.8, 4) is 0 Å². The van der Waals surface area contributed by atoms with Gasteiger partial charge in [-0.05, 0) is 41.2 Å². The molecule has 4 atom stereocenters. The first-order valence-electron chi connectivity index (χ1n) is 11.0. The second-order valence-electron chi connectivity index (χ2n) is 10.0. The molecule has 1 saturated carbocycles. The van der Waals surface area contributed by atoms with Gasteiger partial charge in [0.2, 0.25) is 5.91 Å². The SMILES string of the molecule is CC(C)(C)C(C(=O)NC1CC[C@H]2CN(Cc3ccccc3)CC12)c1ccccc1. The number of hydrogen-bond donors (Lipinski definition) is 1. The van der Waals surface area contributed by atoms with Crippen molar-refractivity contribution in [2.75, 3.05) is 13.1 Å². The zero-order valence-electron chi connectivity index (χ0n) is 18.0. The van der Waals surface area contributed by atoms with E-state index in [2.05, 4.69) is 73.5 Å². The lowest BCUT2D eigenvalue weighted by Crippen LogP contribution is -2.44. The molecular formula is C26H34N2O. The first kappa shape index (κ1) is 20.2. The summed E-state index contributed by atoms with van der Waals surface area (Å²) >= 11 is 0. The molecule has 2 aromatic rings. The molecule has 154 valence electrons. The van der Waals surface area contributed by atoms with E-state index in [1.54, 1.807) is 0 Å². The summed E-state index contributed by atoms with van der Waals surface area (Å²) < 4.78 is 0. The van der Waals surface area contributed by atoms with Crippen LogP contribution < -0.4 is 5.32 Å².